The van der Waals surface area contributed by atoms with Gasteiger partial charge in [-0.3, -0.25) is 9.59 Å². The third-order valence-electron chi connectivity index (χ3n) is 7.44. The lowest BCUT2D eigenvalue weighted by molar-refractivity contribution is -0.141. The normalized spacial score (nSPS) is 12.8. The Hall–Kier alpha value is -5.44. The zero-order valence-electron chi connectivity index (χ0n) is 23.7. The van der Waals surface area contributed by atoms with Crippen LogP contribution >= 0.6 is 0 Å². The summed E-state index contributed by atoms with van der Waals surface area (Å²) in [5, 5.41) is 3.18. The van der Waals surface area contributed by atoms with Crippen molar-refractivity contribution in [3.05, 3.63) is 119 Å². The van der Waals surface area contributed by atoms with Crippen molar-refractivity contribution in [3.63, 3.8) is 0 Å². The second kappa shape index (κ2) is 11.8. The summed E-state index contributed by atoms with van der Waals surface area (Å²) >= 11 is 0. The van der Waals surface area contributed by atoms with E-state index >= 15 is 0 Å². The molecule has 0 saturated heterocycles. The molecule has 43 heavy (non-hydrogen) atoms. The number of nitrogens with zero attached hydrogens (tertiary/aromatic N) is 2. The van der Waals surface area contributed by atoms with Gasteiger partial charge < -0.3 is 24.1 Å². The van der Waals surface area contributed by atoms with Crippen LogP contribution in [0, 0.1) is 0 Å². The van der Waals surface area contributed by atoms with Crippen molar-refractivity contribution < 1.29 is 28.3 Å². The van der Waals surface area contributed by atoms with E-state index in [-0.39, 0.29) is 23.6 Å². The van der Waals surface area contributed by atoms with Crippen molar-refractivity contribution in [1.82, 2.24) is 4.98 Å². The number of hydrogen-bond acceptors (Lipinski definition) is 9. The number of likely N-dealkylation sites (N-methyl/N-ethyl adjacent to an activating group) is 1. The van der Waals surface area contributed by atoms with Gasteiger partial charge in [-0.15, -0.1) is 0 Å². The van der Waals surface area contributed by atoms with Crippen molar-refractivity contribution in [2.75, 3.05) is 37.5 Å². The SMILES string of the molecule is COC(=O)C(Cc1ccc(OCCN(C)c2nc3ccccc3o2)cc1)Nc1cccc2c1C(=O)c1ccccc1C2=O. The summed E-state index contributed by atoms with van der Waals surface area (Å²) in [5.41, 5.74) is 4.09. The Labute approximate surface area is 248 Å². The Morgan fingerprint density at radius 1 is 0.884 bits per heavy atom. The van der Waals surface area contributed by atoms with Gasteiger partial charge in [0.2, 0.25) is 0 Å². The lowest BCUT2D eigenvalue weighted by atomic mass is 9.83. The summed E-state index contributed by atoms with van der Waals surface area (Å²) in [7, 11) is 3.21. The number of ketones is 2. The van der Waals surface area contributed by atoms with Crippen molar-refractivity contribution in [3.8, 4) is 5.75 Å². The Morgan fingerprint density at radius 2 is 1.58 bits per heavy atom. The van der Waals surface area contributed by atoms with E-state index in [1.807, 2.05) is 60.5 Å². The first kappa shape index (κ1) is 27.7. The standard InChI is InChI=1S/C34H29N3O6/c1-37(34-36-26-11-5-6-13-29(26)43-34)18-19-42-22-16-14-21(15-17-22)20-28(33(40)41-2)35-27-12-7-10-25-30(27)32(39)24-9-4-3-8-23(24)31(25)38/h3-17,28,35H,18-20H2,1-2H3. The molecular formula is C34H29N3O6. The number of ether oxygens (including phenoxy) is 2. The van der Waals surface area contributed by atoms with Gasteiger partial charge in [0.25, 0.3) is 6.01 Å². The van der Waals surface area contributed by atoms with Crippen LogP contribution in [0.25, 0.3) is 11.1 Å². The molecule has 1 heterocycles. The summed E-state index contributed by atoms with van der Waals surface area (Å²) in [6, 6.07) is 26.6. The lowest BCUT2D eigenvalue weighted by Gasteiger charge is -2.24. The van der Waals surface area contributed by atoms with Gasteiger partial charge in [-0.25, -0.2) is 4.79 Å². The number of hydrogen-bond donors (Lipinski definition) is 1. The minimum absolute atomic E-state index is 0.223. The molecule has 216 valence electrons. The predicted molar refractivity (Wildman–Crippen MR) is 162 cm³/mol. The number of rotatable bonds is 10. The molecule has 5 aromatic rings. The van der Waals surface area contributed by atoms with Crippen LogP contribution in [0.1, 0.15) is 37.4 Å². The molecule has 0 bridgehead atoms. The number of anilines is 2. The predicted octanol–water partition coefficient (Wildman–Crippen LogP) is 5.31. The molecule has 1 atom stereocenters. The van der Waals surface area contributed by atoms with Gasteiger partial charge in [0.1, 0.15) is 23.9 Å². The smallest absolute Gasteiger partial charge is 0.328 e. The number of carbonyl (C=O) groups excluding carboxylic acids is 3. The summed E-state index contributed by atoms with van der Waals surface area (Å²) in [4.78, 5) is 45.7. The van der Waals surface area contributed by atoms with Crippen LogP contribution in [0.5, 0.6) is 5.75 Å². The van der Waals surface area contributed by atoms with E-state index in [1.54, 1.807) is 42.5 Å². The molecule has 1 aliphatic carbocycles. The number of fused-ring (bicyclic) bond motifs is 3. The van der Waals surface area contributed by atoms with E-state index in [4.69, 9.17) is 13.9 Å². The third-order valence-corrected chi connectivity index (χ3v) is 7.44. The van der Waals surface area contributed by atoms with Crippen LogP contribution in [-0.2, 0) is 16.0 Å². The van der Waals surface area contributed by atoms with Crippen LogP contribution in [0.4, 0.5) is 11.7 Å². The topological polar surface area (TPSA) is 111 Å². The largest absolute Gasteiger partial charge is 0.492 e. The highest BCUT2D eigenvalue weighted by atomic mass is 16.5. The second-order valence-corrected chi connectivity index (χ2v) is 10.2. The minimum Gasteiger partial charge on any atom is -0.492 e. The first-order valence-electron chi connectivity index (χ1n) is 13.9. The average molecular weight is 576 g/mol. The number of carbonyl (C=O) groups is 3. The average Bonchev–Trinajstić information content (AvgIpc) is 3.48. The maximum absolute atomic E-state index is 13.4. The Bertz CT molecular complexity index is 1800. The van der Waals surface area contributed by atoms with Crippen LogP contribution in [-0.4, -0.2) is 55.9 Å². The zero-order chi connectivity index (χ0) is 29.9. The van der Waals surface area contributed by atoms with Gasteiger partial charge in [-0.1, -0.05) is 60.7 Å². The molecular weight excluding hydrogens is 546 g/mol. The molecule has 4 aromatic carbocycles. The first-order chi connectivity index (χ1) is 20.9. The molecule has 1 unspecified atom stereocenters. The van der Waals surface area contributed by atoms with Crippen molar-refractivity contribution in [1.29, 1.82) is 0 Å². The maximum Gasteiger partial charge on any atom is 0.328 e. The fourth-order valence-electron chi connectivity index (χ4n) is 5.17. The molecule has 0 radical (unpaired) electrons. The summed E-state index contributed by atoms with van der Waals surface area (Å²) in [6.45, 7) is 0.978. The molecule has 9 nitrogen and oxygen atoms in total. The van der Waals surface area contributed by atoms with Gasteiger partial charge in [-0.05, 0) is 35.9 Å². The zero-order valence-corrected chi connectivity index (χ0v) is 23.7. The number of methoxy groups -OCH3 is 1. The molecule has 6 rings (SSSR count). The Morgan fingerprint density at radius 3 is 2.33 bits per heavy atom. The van der Waals surface area contributed by atoms with Gasteiger partial charge >= 0.3 is 5.97 Å². The molecule has 0 spiro atoms. The second-order valence-electron chi connectivity index (χ2n) is 10.2. The lowest BCUT2D eigenvalue weighted by Crippen LogP contribution is -2.34. The highest BCUT2D eigenvalue weighted by molar-refractivity contribution is 6.30. The number of oxazole rings is 1. The van der Waals surface area contributed by atoms with Crippen LogP contribution in [0.3, 0.4) is 0 Å². The van der Waals surface area contributed by atoms with Gasteiger partial charge in [0.15, 0.2) is 17.1 Å². The van der Waals surface area contributed by atoms with Crippen molar-refractivity contribution in [2.24, 2.45) is 0 Å². The number of para-hydroxylation sites is 2. The Balaban J connectivity index is 1.12. The number of nitrogens with one attached hydrogen (secondary N) is 1. The number of benzene rings is 4. The fraction of sp³-hybridized carbons (Fsp3) is 0.176. The van der Waals surface area contributed by atoms with E-state index in [9.17, 15) is 14.4 Å². The first-order valence-corrected chi connectivity index (χ1v) is 13.9. The van der Waals surface area contributed by atoms with Gasteiger partial charge in [-0.2, -0.15) is 4.98 Å². The quantitative estimate of drug-likeness (QED) is 0.217. The van der Waals surface area contributed by atoms with E-state index in [0.717, 1.165) is 16.7 Å². The molecule has 1 aromatic heterocycles. The monoisotopic (exact) mass is 575 g/mol. The molecule has 0 aliphatic heterocycles. The van der Waals surface area contributed by atoms with Crippen LogP contribution in [0.2, 0.25) is 0 Å². The molecule has 0 amide bonds. The summed E-state index contributed by atoms with van der Waals surface area (Å²) in [5.74, 6) is -0.299. The highest BCUT2D eigenvalue weighted by Crippen LogP contribution is 2.32. The van der Waals surface area contributed by atoms with E-state index < -0.39 is 12.0 Å². The van der Waals surface area contributed by atoms with Crippen LogP contribution in [0.15, 0.2) is 95.4 Å². The molecule has 0 fully saturated rings. The number of aromatic nitrogens is 1. The third kappa shape index (κ3) is 5.57. The highest BCUT2D eigenvalue weighted by Gasteiger charge is 2.32. The Kier molecular flexibility index (Phi) is 7.61. The van der Waals surface area contributed by atoms with E-state index in [1.165, 1.54) is 7.11 Å². The van der Waals surface area contributed by atoms with Crippen molar-refractivity contribution >= 4 is 40.3 Å². The van der Waals surface area contributed by atoms with E-state index in [2.05, 4.69) is 10.3 Å². The maximum atomic E-state index is 13.4. The fourth-order valence-corrected chi connectivity index (χ4v) is 5.17. The van der Waals surface area contributed by atoms with E-state index in [0.29, 0.717) is 47.3 Å². The summed E-state index contributed by atoms with van der Waals surface area (Å²) in [6.07, 6.45) is 0.288. The molecule has 0 saturated carbocycles. The molecule has 1 N–H and O–H groups in total. The van der Waals surface area contributed by atoms with Gasteiger partial charge in [0.05, 0.1) is 19.2 Å². The molecule has 1 aliphatic rings. The number of esters is 1. The van der Waals surface area contributed by atoms with Crippen LogP contribution < -0.4 is 15.0 Å². The van der Waals surface area contributed by atoms with Crippen molar-refractivity contribution in [2.45, 2.75) is 12.5 Å². The minimum atomic E-state index is -0.798. The van der Waals surface area contributed by atoms with Gasteiger partial charge in [0, 0.05) is 35.8 Å². The molecule has 9 heteroatoms. The summed E-state index contributed by atoms with van der Waals surface area (Å²) < 4.78 is 16.8.